The number of esters is 2. The van der Waals surface area contributed by atoms with Crippen molar-refractivity contribution in [2.45, 2.75) is 39.4 Å². The molecule has 1 heterocycles. The Balaban J connectivity index is 0.00000108. The van der Waals surface area contributed by atoms with Crippen LogP contribution < -0.4 is 0 Å². The highest BCUT2D eigenvalue weighted by molar-refractivity contribution is 5.87. The van der Waals surface area contributed by atoms with E-state index in [2.05, 4.69) is 6.58 Å². The highest BCUT2D eigenvalue weighted by atomic mass is 16.6. The molecule has 3 rings (SSSR count). The normalized spacial score (nSPS) is 40.8. The molecule has 0 aromatic rings. The summed E-state index contributed by atoms with van der Waals surface area (Å²) >= 11 is 0. The Bertz CT molecular complexity index is 387. The summed E-state index contributed by atoms with van der Waals surface area (Å²) in [6.45, 7) is 5.18. The van der Waals surface area contributed by atoms with E-state index in [1.54, 1.807) is 6.92 Å². The molecule has 0 spiro atoms. The van der Waals surface area contributed by atoms with E-state index in [-0.39, 0.29) is 43.4 Å². The first kappa shape index (κ1) is 12.1. The number of hydrogen-bond acceptors (Lipinski definition) is 4. The zero-order valence-electron chi connectivity index (χ0n) is 9.14. The third kappa shape index (κ3) is 1.58. The van der Waals surface area contributed by atoms with Gasteiger partial charge in [-0.2, -0.15) is 0 Å². The molecular weight excluding hydrogens is 220 g/mol. The van der Waals surface area contributed by atoms with E-state index >= 15 is 0 Å². The van der Waals surface area contributed by atoms with Crippen LogP contribution in [0.15, 0.2) is 12.2 Å². The van der Waals surface area contributed by atoms with E-state index < -0.39 is 0 Å². The summed E-state index contributed by atoms with van der Waals surface area (Å²) in [5.41, 5.74) is 0.392. The fraction of sp³-hybridized carbons (Fsp3) is 0.692. The van der Waals surface area contributed by atoms with Gasteiger partial charge in [-0.15, -0.1) is 0 Å². The number of carbonyl (C=O) groups is 2. The Labute approximate surface area is 101 Å². The molecule has 94 valence electrons. The number of rotatable bonds is 2. The summed E-state index contributed by atoms with van der Waals surface area (Å²) in [6, 6.07) is 0. The van der Waals surface area contributed by atoms with Gasteiger partial charge in [0.1, 0.15) is 12.2 Å². The Kier molecular flexibility index (Phi) is 2.76. The van der Waals surface area contributed by atoms with Crippen LogP contribution in [-0.2, 0) is 19.1 Å². The maximum Gasteiger partial charge on any atom is 0.333 e. The van der Waals surface area contributed by atoms with Crippen molar-refractivity contribution >= 4 is 11.9 Å². The highest BCUT2D eigenvalue weighted by Gasteiger charge is 2.63. The molecule has 0 N–H and O–H groups in total. The van der Waals surface area contributed by atoms with Crippen molar-refractivity contribution < 1.29 is 19.1 Å². The van der Waals surface area contributed by atoms with E-state index in [1.807, 2.05) is 0 Å². The molecule has 0 radical (unpaired) electrons. The summed E-state index contributed by atoms with van der Waals surface area (Å²) in [7, 11) is 0. The van der Waals surface area contributed by atoms with Gasteiger partial charge in [-0.05, 0) is 19.8 Å². The van der Waals surface area contributed by atoms with Crippen LogP contribution in [0.25, 0.3) is 0 Å². The lowest BCUT2D eigenvalue weighted by Gasteiger charge is -2.25. The predicted octanol–water partition coefficient (Wildman–Crippen LogP) is 1.69. The molecule has 0 aromatic carbocycles. The number of fused-ring (bicyclic) bond motifs is 1. The van der Waals surface area contributed by atoms with Crippen molar-refractivity contribution in [3.63, 3.8) is 0 Å². The second-order valence-electron chi connectivity index (χ2n) is 5.05. The predicted molar refractivity (Wildman–Crippen MR) is 61.0 cm³/mol. The number of carbonyl (C=O) groups excluding carboxylic acids is 2. The molecule has 4 nitrogen and oxygen atoms in total. The Morgan fingerprint density at radius 3 is 2.82 bits per heavy atom. The van der Waals surface area contributed by atoms with E-state index in [0.29, 0.717) is 11.5 Å². The minimum Gasteiger partial charge on any atom is -0.458 e. The van der Waals surface area contributed by atoms with Gasteiger partial charge in [0.15, 0.2) is 0 Å². The quantitative estimate of drug-likeness (QED) is 0.542. The van der Waals surface area contributed by atoms with Gasteiger partial charge < -0.3 is 9.47 Å². The van der Waals surface area contributed by atoms with Crippen LogP contribution in [0.3, 0.4) is 0 Å². The fourth-order valence-electron chi connectivity index (χ4n) is 3.29. The molecule has 2 bridgehead atoms. The van der Waals surface area contributed by atoms with Gasteiger partial charge in [0.05, 0.1) is 5.92 Å². The third-order valence-corrected chi connectivity index (χ3v) is 4.01. The Morgan fingerprint density at radius 2 is 2.18 bits per heavy atom. The average Bonchev–Trinajstić information content (AvgIpc) is 2.81. The van der Waals surface area contributed by atoms with E-state index in [0.717, 1.165) is 12.8 Å². The van der Waals surface area contributed by atoms with Crippen molar-refractivity contribution in [2.75, 3.05) is 0 Å². The van der Waals surface area contributed by atoms with Crippen LogP contribution in [0, 0.1) is 17.8 Å². The Hall–Kier alpha value is -1.32. The SMILES string of the molecule is C.C=C(C)C(=O)OC1C2CC3C(=O)OC1C3C2. The topological polar surface area (TPSA) is 52.6 Å². The first-order valence-corrected chi connectivity index (χ1v) is 5.65. The van der Waals surface area contributed by atoms with Crippen molar-refractivity contribution in [1.82, 2.24) is 0 Å². The van der Waals surface area contributed by atoms with Gasteiger partial charge in [-0.1, -0.05) is 14.0 Å². The van der Waals surface area contributed by atoms with Crippen molar-refractivity contribution in [2.24, 2.45) is 17.8 Å². The molecule has 17 heavy (non-hydrogen) atoms. The molecule has 0 amide bonds. The molecule has 5 atom stereocenters. The minimum absolute atomic E-state index is 0. The molecular formula is C13H18O4. The number of ether oxygens (including phenoxy) is 2. The van der Waals surface area contributed by atoms with Gasteiger partial charge in [0, 0.05) is 17.4 Å². The van der Waals surface area contributed by atoms with Crippen molar-refractivity contribution in [3.8, 4) is 0 Å². The van der Waals surface area contributed by atoms with E-state index in [4.69, 9.17) is 9.47 Å². The van der Waals surface area contributed by atoms with Crippen LogP contribution in [0.5, 0.6) is 0 Å². The second-order valence-corrected chi connectivity index (χ2v) is 5.05. The molecule has 0 aromatic heterocycles. The second kappa shape index (κ2) is 3.86. The monoisotopic (exact) mass is 238 g/mol. The van der Waals surface area contributed by atoms with Crippen LogP contribution in [0.2, 0.25) is 0 Å². The molecule has 5 unspecified atom stereocenters. The number of hydrogen-bond donors (Lipinski definition) is 0. The lowest BCUT2D eigenvalue weighted by molar-refractivity contribution is -0.158. The van der Waals surface area contributed by atoms with Crippen LogP contribution in [-0.4, -0.2) is 24.1 Å². The molecule has 1 saturated heterocycles. The van der Waals surface area contributed by atoms with Crippen LogP contribution in [0.1, 0.15) is 27.2 Å². The first-order valence-electron chi connectivity index (χ1n) is 5.65. The molecule has 4 heteroatoms. The molecule has 3 aliphatic rings. The lowest BCUT2D eigenvalue weighted by atomic mass is 9.88. The largest absolute Gasteiger partial charge is 0.458 e. The Morgan fingerprint density at radius 1 is 1.47 bits per heavy atom. The minimum atomic E-state index is -0.378. The van der Waals surface area contributed by atoms with Gasteiger partial charge in [0.25, 0.3) is 0 Å². The smallest absolute Gasteiger partial charge is 0.333 e. The average molecular weight is 238 g/mol. The van der Waals surface area contributed by atoms with Crippen molar-refractivity contribution in [1.29, 1.82) is 0 Å². The molecule has 2 saturated carbocycles. The summed E-state index contributed by atoms with van der Waals surface area (Å²) in [5.74, 6) is 0.161. The summed E-state index contributed by atoms with van der Waals surface area (Å²) in [6.07, 6.45) is 1.33. The van der Waals surface area contributed by atoms with Gasteiger partial charge in [-0.3, -0.25) is 4.79 Å². The first-order chi connectivity index (χ1) is 7.58. The summed E-state index contributed by atoms with van der Waals surface area (Å²) in [5, 5.41) is 0. The van der Waals surface area contributed by atoms with E-state index in [1.165, 1.54) is 0 Å². The summed E-state index contributed by atoms with van der Waals surface area (Å²) in [4.78, 5) is 22.9. The highest BCUT2D eigenvalue weighted by Crippen LogP contribution is 2.55. The van der Waals surface area contributed by atoms with Crippen LogP contribution in [0.4, 0.5) is 0 Å². The van der Waals surface area contributed by atoms with Gasteiger partial charge in [0.2, 0.25) is 0 Å². The summed E-state index contributed by atoms with van der Waals surface area (Å²) < 4.78 is 10.7. The zero-order valence-corrected chi connectivity index (χ0v) is 9.14. The maximum absolute atomic E-state index is 11.5. The zero-order chi connectivity index (χ0) is 11.4. The maximum atomic E-state index is 11.5. The molecule has 2 aliphatic carbocycles. The third-order valence-electron chi connectivity index (χ3n) is 4.01. The lowest BCUT2D eigenvalue weighted by Crippen LogP contribution is -2.36. The fourth-order valence-corrected chi connectivity index (χ4v) is 3.29. The van der Waals surface area contributed by atoms with Gasteiger partial charge in [-0.25, -0.2) is 4.79 Å². The van der Waals surface area contributed by atoms with Crippen molar-refractivity contribution in [3.05, 3.63) is 12.2 Å². The van der Waals surface area contributed by atoms with E-state index in [9.17, 15) is 9.59 Å². The van der Waals surface area contributed by atoms with Crippen LogP contribution >= 0.6 is 0 Å². The standard InChI is InChI=1S/C12H14O4.CH4/c1-5(2)11(13)15-9-6-3-7-8(4-6)12(14)16-10(7)9;/h6-10H,1,3-4H2,2H3;1H4. The molecule has 1 aliphatic heterocycles. The van der Waals surface area contributed by atoms with Gasteiger partial charge >= 0.3 is 11.9 Å². The molecule has 3 fully saturated rings.